The van der Waals surface area contributed by atoms with Crippen molar-refractivity contribution >= 4 is 27.5 Å². The lowest BCUT2D eigenvalue weighted by molar-refractivity contribution is -0.125. The number of anilines is 1. The van der Waals surface area contributed by atoms with Crippen LogP contribution in [0.2, 0.25) is 0 Å². The summed E-state index contributed by atoms with van der Waals surface area (Å²) in [5.74, 6) is -13.6. The first-order valence-electron chi connectivity index (χ1n) is 13.9. The minimum absolute atomic E-state index is 0.0552. The molecule has 2 amide bonds. The summed E-state index contributed by atoms with van der Waals surface area (Å²) in [5, 5.41) is 8.92. The van der Waals surface area contributed by atoms with Crippen LogP contribution in [0.4, 0.5) is 27.6 Å². The Labute approximate surface area is 250 Å². The van der Waals surface area contributed by atoms with E-state index in [4.69, 9.17) is 5.21 Å². The third kappa shape index (κ3) is 5.81. The van der Waals surface area contributed by atoms with E-state index in [1.165, 1.54) is 41.1 Å². The summed E-state index contributed by atoms with van der Waals surface area (Å²) < 4.78 is 97.1. The van der Waals surface area contributed by atoms with Crippen molar-refractivity contribution in [3.05, 3.63) is 94.3 Å². The van der Waals surface area contributed by atoms with E-state index in [-0.39, 0.29) is 24.2 Å². The molecule has 0 aromatic heterocycles. The van der Waals surface area contributed by atoms with E-state index >= 15 is 0 Å². The normalized spacial score (nSPS) is 17.6. The Hall–Kier alpha value is -3.88. The van der Waals surface area contributed by atoms with Crippen LogP contribution in [0, 0.1) is 29.1 Å². The second kappa shape index (κ2) is 12.6. The molecule has 2 fully saturated rings. The van der Waals surface area contributed by atoms with Gasteiger partial charge >= 0.3 is 0 Å². The molecule has 5 rings (SSSR count). The summed E-state index contributed by atoms with van der Waals surface area (Å²) in [6, 6.07) is 11.5. The van der Waals surface area contributed by atoms with Crippen LogP contribution in [0.25, 0.3) is 0 Å². The fourth-order valence-corrected chi connectivity index (χ4v) is 7.42. The number of nitrogens with zero attached hydrogens (tertiary/aromatic N) is 2. The molecular weight excluding hydrogens is 609 g/mol. The van der Waals surface area contributed by atoms with Crippen molar-refractivity contribution in [1.82, 2.24) is 9.79 Å². The topological polar surface area (TPSA) is 107 Å². The van der Waals surface area contributed by atoms with Crippen LogP contribution in [0.1, 0.15) is 65.9 Å². The number of hydrogen-bond acceptors (Lipinski definition) is 5. The van der Waals surface area contributed by atoms with Gasteiger partial charge < -0.3 is 4.90 Å². The van der Waals surface area contributed by atoms with Crippen LogP contribution in [-0.2, 0) is 21.4 Å². The molecule has 2 aliphatic rings. The third-order valence-electron chi connectivity index (χ3n) is 8.20. The Balaban J connectivity index is 1.46. The highest BCUT2D eigenvalue weighted by Crippen LogP contribution is 2.36. The highest BCUT2D eigenvalue weighted by Gasteiger charge is 2.48. The number of amides is 2. The Kier molecular flexibility index (Phi) is 9.05. The highest BCUT2D eigenvalue weighted by atomic mass is 32.2. The first-order valence-corrected chi connectivity index (χ1v) is 15.4. The quantitative estimate of drug-likeness (QED) is 0.111. The van der Waals surface area contributed by atoms with Crippen LogP contribution >= 0.6 is 0 Å². The zero-order valence-corrected chi connectivity index (χ0v) is 24.0. The second-order valence-electron chi connectivity index (χ2n) is 10.8. The SMILES string of the molecule is O=C(NO)c1ccc(N(Cc2ccc(C3CCCCC3)cc2)C(=O)C2CCN2S(=O)(=O)c2c(F)c(F)c(F)c(F)c2F)cc1. The molecule has 0 radical (unpaired) electrons. The van der Waals surface area contributed by atoms with Gasteiger partial charge in [0.15, 0.2) is 28.2 Å². The van der Waals surface area contributed by atoms with E-state index in [1.54, 1.807) is 0 Å². The third-order valence-corrected chi connectivity index (χ3v) is 10.1. The minimum atomic E-state index is -5.34. The van der Waals surface area contributed by atoms with Crippen molar-refractivity contribution in [1.29, 1.82) is 0 Å². The van der Waals surface area contributed by atoms with Crippen molar-refractivity contribution < 1.29 is 45.2 Å². The van der Waals surface area contributed by atoms with Crippen molar-refractivity contribution in [2.45, 2.75) is 61.9 Å². The Morgan fingerprint density at radius 3 is 1.91 bits per heavy atom. The molecule has 44 heavy (non-hydrogen) atoms. The lowest BCUT2D eigenvalue weighted by Gasteiger charge is -2.41. The number of benzene rings is 3. The molecule has 234 valence electrons. The molecule has 1 saturated heterocycles. The predicted molar refractivity (Wildman–Crippen MR) is 148 cm³/mol. The van der Waals surface area contributed by atoms with Crippen LogP contribution < -0.4 is 10.4 Å². The zero-order valence-electron chi connectivity index (χ0n) is 23.2. The lowest BCUT2D eigenvalue weighted by atomic mass is 9.84. The number of hydrogen-bond donors (Lipinski definition) is 2. The fourth-order valence-electron chi connectivity index (χ4n) is 5.67. The standard InChI is InChI=1S/C30H28F5N3O5S/c31-23-24(32)26(34)28(27(35)25(23)33)44(42,43)38-15-14-22(38)30(40)37(21-12-10-20(11-13-21)29(39)36-41)16-17-6-8-19(9-7-17)18-4-2-1-3-5-18/h6-13,18,22,41H,1-5,14-16H2,(H,36,39). The molecule has 8 nitrogen and oxygen atoms in total. The summed E-state index contributed by atoms with van der Waals surface area (Å²) in [4.78, 5) is 24.9. The number of nitrogens with one attached hydrogen (secondary N) is 1. The maximum absolute atomic E-state index is 14.5. The van der Waals surface area contributed by atoms with Crippen molar-refractivity contribution in [2.75, 3.05) is 11.4 Å². The number of sulfonamides is 1. The molecule has 2 N–H and O–H groups in total. The largest absolute Gasteiger partial charge is 0.307 e. The van der Waals surface area contributed by atoms with E-state index in [0.29, 0.717) is 15.8 Å². The molecule has 1 unspecified atom stereocenters. The molecule has 14 heteroatoms. The summed E-state index contributed by atoms with van der Waals surface area (Å²) in [6.07, 6.45) is 5.55. The number of carbonyl (C=O) groups is 2. The fraction of sp³-hybridized carbons (Fsp3) is 0.333. The molecule has 0 spiro atoms. The molecule has 1 heterocycles. The van der Waals surface area contributed by atoms with Gasteiger partial charge in [-0.2, -0.15) is 4.31 Å². The molecule has 1 atom stereocenters. The van der Waals surface area contributed by atoms with Crippen molar-refractivity contribution in [3.63, 3.8) is 0 Å². The highest BCUT2D eigenvalue weighted by molar-refractivity contribution is 7.89. The Bertz CT molecular complexity index is 1650. The molecule has 3 aromatic carbocycles. The van der Waals surface area contributed by atoms with Crippen LogP contribution in [0.15, 0.2) is 53.4 Å². The summed E-state index contributed by atoms with van der Waals surface area (Å²) in [6.45, 7) is -0.472. The lowest BCUT2D eigenvalue weighted by Crippen LogP contribution is -2.59. The first-order chi connectivity index (χ1) is 20.9. The second-order valence-corrected chi connectivity index (χ2v) is 12.6. The molecular formula is C30H28F5N3O5S. The van der Waals surface area contributed by atoms with Gasteiger partial charge in [0.1, 0.15) is 6.04 Å². The number of carbonyl (C=O) groups excluding carboxylic acids is 2. The van der Waals surface area contributed by atoms with E-state index in [0.717, 1.165) is 31.2 Å². The Morgan fingerprint density at radius 1 is 0.818 bits per heavy atom. The predicted octanol–water partition coefficient (Wildman–Crippen LogP) is 5.55. The van der Waals surface area contributed by atoms with E-state index < -0.39 is 68.4 Å². The van der Waals surface area contributed by atoms with Gasteiger partial charge in [-0.05, 0) is 60.6 Å². The van der Waals surface area contributed by atoms with Gasteiger partial charge in [0.05, 0.1) is 6.54 Å². The van der Waals surface area contributed by atoms with Crippen molar-refractivity contribution in [3.8, 4) is 0 Å². The van der Waals surface area contributed by atoms with E-state index in [9.17, 15) is 40.0 Å². The number of hydroxylamine groups is 1. The molecule has 1 aliphatic heterocycles. The average Bonchev–Trinajstić information content (AvgIpc) is 3.01. The van der Waals surface area contributed by atoms with Crippen LogP contribution in [-0.4, -0.2) is 42.3 Å². The van der Waals surface area contributed by atoms with Gasteiger partial charge in [0.2, 0.25) is 21.7 Å². The van der Waals surface area contributed by atoms with Gasteiger partial charge in [-0.1, -0.05) is 43.5 Å². The Morgan fingerprint density at radius 2 is 1.39 bits per heavy atom. The van der Waals surface area contributed by atoms with Crippen molar-refractivity contribution in [2.24, 2.45) is 0 Å². The van der Waals surface area contributed by atoms with E-state index in [1.807, 2.05) is 24.3 Å². The minimum Gasteiger partial charge on any atom is -0.307 e. The monoisotopic (exact) mass is 637 g/mol. The van der Waals surface area contributed by atoms with E-state index in [2.05, 4.69) is 0 Å². The first kappa shape index (κ1) is 31.5. The smallest absolute Gasteiger partial charge is 0.274 e. The zero-order chi connectivity index (χ0) is 31.8. The maximum atomic E-state index is 14.5. The summed E-state index contributed by atoms with van der Waals surface area (Å²) in [7, 11) is -5.34. The molecule has 1 saturated carbocycles. The number of halogens is 5. The number of rotatable bonds is 8. The summed E-state index contributed by atoms with van der Waals surface area (Å²) in [5.41, 5.74) is 3.59. The maximum Gasteiger partial charge on any atom is 0.274 e. The summed E-state index contributed by atoms with van der Waals surface area (Å²) >= 11 is 0. The van der Waals surface area contributed by atoms with Gasteiger partial charge in [-0.3, -0.25) is 14.8 Å². The van der Waals surface area contributed by atoms with Crippen LogP contribution in [0.3, 0.4) is 0 Å². The van der Waals surface area contributed by atoms with Gasteiger partial charge in [0.25, 0.3) is 5.91 Å². The van der Waals surface area contributed by atoms with Crippen LogP contribution in [0.5, 0.6) is 0 Å². The average molecular weight is 638 g/mol. The van der Waals surface area contributed by atoms with Gasteiger partial charge in [0, 0.05) is 17.8 Å². The molecule has 3 aromatic rings. The van der Waals surface area contributed by atoms with Gasteiger partial charge in [-0.15, -0.1) is 0 Å². The molecule has 1 aliphatic carbocycles. The molecule has 0 bridgehead atoms. The van der Waals surface area contributed by atoms with Gasteiger partial charge in [-0.25, -0.2) is 35.8 Å².